The number of anilines is 3. The van der Waals surface area contributed by atoms with Crippen LogP contribution in [0.5, 0.6) is 5.75 Å². The van der Waals surface area contributed by atoms with Crippen molar-refractivity contribution in [3.63, 3.8) is 0 Å². The van der Waals surface area contributed by atoms with Crippen LogP contribution in [0.2, 0.25) is 0 Å². The molecule has 4 aliphatic rings. The van der Waals surface area contributed by atoms with E-state index in [1.807, 2.05) is 0 Å². The zero-order valence-corrected chi connectivity index (χ0v) is 28.6. The van der Waals surface area contributed by atoms with E-state index in [0.29, 0.717) is 6.42 Å². The van der Waals surface area contributed by atoms with Crippen LogP contribution < -0.4 is 25.2 Å². The Bertz CT molecular complexity index is 1360. The number of hydrogen-bond donors (Lipinski definition) is 2. The number of piperazine rings is 1. The second kappa shape index (κ2) is 13.9. The largest absolute Gasteiger partial charge is 0.486 e. The summed E-state index contributed by atoms with van der Waals surface area (Å²) in [6.45, 7) is 17.9. The third kappa shape index (κ3) is 7.08. The molecule has 0 bridgehead atoms. The monoisotopic (exact) mass is 633 g/mol. The number of benzene rings is 1. The molecule has 0 spiro atoms. The quantitative estimate of drug-likeness (QED) is 0.322. The molecule has 3 fully saturated rings. The predicted molar refractivity (Wildman–Crippen MR) is 185 cm³/mol. The van der Waals surface area contributed by atoms with Crippen LogP contribution in [0.15, 0.2) is 6.07 Å². The second-order valence-electron chi connectivity index (χ2n) is 14.4. The molecule has 2 aromatic rings. The van der Waals surface area contributed by atoms with Crippen LogP contribution >= 0.6 is 0 Å². The average molecular weight is 634 g/mol. The Kier molecular flexibility index (Phi) is 9.94. The zero-order chi connectivity index (χ0) is 32.4. The standard InChI is InChI=1S/C36H55N7O3/c1-25-26(2)34-28(27(3)33(25)29(37)11-5-6-12-32(44)45)13-14-36(4,46-34)24-40-19-21-42(22-20-40)31-23-30(41-15-7-8-16-41)38-35(39-31)43-17-9-10-18-43/h23,29H,5-22,24,37H2,1-4H3,(H,44,45). The number of carboxylic acids is 1. The Labute approximate surface area is 275 Å². The van der Waals surface area contributed by atoms with E-state index in [9.17, 15) is 4.79 Å². The third-order valence-electron chi connectivity index (χ3n) is 11.0. The molecular weight excluding hydrogens is 578 g/mol. The van der Waals surface area contributed by atoms with Crippen LogP contribution in [0.4, 0.5) is 17.6 Å². The number of fused-ring (bicyclic) bond motifs is 1. The molecule has 0 saturated carbocycles. The highest BCUT2D eigenvalue weighted by molar-refractivity contribution is 5.66. The van der Waals surface area contributed by atoms with E-state index in [2.05, 4.69) is 53.4 Å². The first-order chi connectivity index (χ1) is 22.1. The van der Waals surface area contributed by atoms with Gasteiger partial charge in [-0.15, -0.1) is 0 Å². The molecule has 10 nitrogen and oxygen atoms in total. The van der Waals surface area contributed by atoms with Gasteiger partial charge >= 0.3 is 5.97 Å². The second-order valence-corrected chi connectivity index (χ2v) is 14.4. The number of nitrogens with two attached hydrogens (primary N) is 1. The van der Waals surface area contributed by atoms with E-state index in [4.69, 9.17) is 25.5 Å². The van der Waals surface area contributed by atoms with E-state index in [1.165, 1.54) is 53.5 Å². The summed E-state index contributed by atoms with van der Waals surface area (Å²) in [5.74, 6) is 3.39. The van der Waals surface area contributed by atoms with Crippen LogP contribution in [-0.4, -0.2) is 90.4 Å². The van der Waals surface area contributed by atoms with Crippen molar-refractivity contribution in [1.82, 2.24) is 14.9 Å². The van der Waals surface area contributed by atoms with Gasteiger partial charge in [0, 0.05) is 77.4 Å². The van der Waals surface area contributed by atoms with Gasteiger partial charge in [-0.2, -0.15) is 9.97 Å². The summed E-state index contributed by atoms with van der Waals surface area (Å²) in [6.07, 6.45) is 9.37. The van der Waals surface area contributed by atoms with Crippen molar-refractivity contribution >= 4 is 23.6 Å². The number of unbranched alkanes of at least 4 members (excludes halogenated alkanes) is 1. The minimum atomic E-state index is -0.739. The highest BCUT2D eigenvalue weighted by atomic mass is 16.5. The lowest BCUT2D eigenvalue weighted by Gasteiger charge is -2.43. The van der Waals surface area contributed by atoms with Crippen molar-refractivity contribution < 1.29 is 14.6 Å². The molecule has 0 radical (unpaired) electrons. The fourth-order valence-electron chi connectivity index (χ4n) is 8.14. The van der Waals surface area contributed by atoms with Crippen LogP contribution in [0.25, 0.3) is 0 Å². The number of aromatic nitrogens is 2. The first-order valence-corrected chi connectivity index (χ1v) is 17.8. The van der Waals surface area contributed by atoms with E-state index in [0.717, 1.165) is 108 Å². The summed E-state index contributed by atoms with van der Waals surface area (Å²) >= 11 is 0. The Hall–Kier alpha value is -3.11. The van der Waals surface area contributed by atoms with Gasteiger partial charge in [0.1, 0.15) is 23.0 Å². The SMILES string of the molecule is Cc1c(C)c(C(N)CCCCC(=O)O)c(C)c2c1OC(C)(CN1CCN(c3cc(N4CCCC4)nc(N4CCCC4)n3)CC1)CC2. The molecule has 1 aromatic carbocycles. The normalized spacial score (nSPS) is 22.7. The Balaban J connectivity index is 1.10. The van der Waals surface area contributed by atoms with Gasteiger partial charge in [0.25, 0.3) is 0 Å². The molecule has 10 heteroatoms. The Morgan fingerprint density at radius 3 is 2.13 bits per heavy atom. The number of rotatable bonds is 11. The molecule has 46 heavy (non-hydrogen) atoms. The number of carboxylic acid groups (broad SMARTS) is 1. The lowest BCUT2D eigenvalue weighted by Crippen LogP contribution is -2.54. The van der Waals surface area contributed by atoms with E-state index in [-0.39, 0.29) is 18.1 Å². The summed E-state index contributed by atoms with van der Waals surface area (Å²) < 4.78 is 6.94. The van der Waals surface area contributed by atoms with Gasteiger partial charge in [-0.25, -0.2) is 0 Å². The smallest absolute Gasteiger partial charge is 0.303 e. The summed E-state index contributed by atoms with van der Waals surface area (Å²) in [5.41, 5.74) is 12.6. The topological polar surface area (TPSA) is 111 Å². The van der Waals surface area contributed by atoms with Gasteiger partial charge in [-0.3, -0.25) is 9.69 Å². The van der Waals surface area contributed by atoms with Gasteiger partial charge in [0.15, 0.2) is 0 Å². The average Bonchev–Trinajstić information content (AvgIpc) is 3.78. The Morgan fingerprint density at radius 2 is 1.50 bits per heavy atom. The molecule has 3 saturated heterocycles. The van der Waals surface area contributed by atoms with Crippen molar-refractivity contribution in [1.29, 1.82) is 0 Å². The third-order valence-corrected chi connectivity index (χ3v) is 11.0. The molecule has 2 unspecified atom stereocenters. The molecule has 6 rings (SSSR count). The minimum Gasteiger partial charge on any atom is -0.486 e. The Morgan fingerprint density at radius 1 is 0.891 bits per heavy atom. The van der Waals surface area contributed by atoms with Crippen LogP contribution in [0.3, 0.4) is 0 Å². The molecule has 252 valence electrons. The van der Waals surface area contributed by atoms with Crippen LogP contribution in [0.1, 0.15) is 98.6 Å². The molecule has 3 N–H and O–H groups in total. The van der Waals surface area contributed by atoms with Crippen molar-refractivity contribution in [2.45, 2.75) is 104 Å². The molecule has 2 atom stereocenters. The number of aliphatic carboxylic acids is 1. The molecular formula is C36H55N7O3. The molecule has 0 amide bonds. The van der Waals surface area contributed by atoms with E-state index < -0.39 is 5.97 Å². The highest BCUT2D eigenvalue weighted by Gasteiger charge is 2.37. The van der Waals surface area contributed by atoms with Gasteiger partial charge in [-0.05, 0) is 107 Å². The summed E-state index contributed by atoms with van der Waals surface area (Å²) in [5, 5.41) is 8.99. The van der Waals surface area contributed by atoms with Gasteiger partial charge in [0.2, 0.25) is 5.95 Å². The van der Waals surface area contributed by atoms with Gasteiger partial charge in [0.05, 0.1) is 0 Å². The minimum absolute atomic E-state index is 0.0878. The predicted octanol–water partition coefficient (Wildman–Crippen LogP) is 5.15. The van der Waals surface area contributed by atoms with Crippen molar-refractivity contribution in [3.8, 4) is 5.75 Å². The summed E-state index contributed by atoms with van der Waals surface area (Å²) in [6, 6.07) is 2.14. The maximum Gasteiger partial charge on any atom is 0.303 e. The first-order valence-electron chi connectivity index (χ1n) is 17.8. The molecule has 1 aromatic heterocycles. The fraction of sp³-hybridized carbons (Fsp3) is 0.694. The number of hydrogen-bond acceptors (Lipinski definition) is 9. The maximum atomic E-state index is 10.9. The van der Waals surface area contributed by atoms with Crippen molar-refractivity contribution in [2.75, 3.05) is 73.6 Å². The lowest BCUT2D eigenvalue weighted by atomic mass is 9.82. The van der Waals surface area contributed by atoms with Crippen LogP contribution in [0, 0.1) is 20.8 Å². The van der Waals surface area contributed by atoms with E-state index in [1.54, 1.807) is 0 Å². The highest BCUT2D eigenvalue weighted by Crippen LogP contribution is 2.43. The number of ether oxygens (including phenoxy) is 1. The molecule has 5 heterocycles. The fourth-order valence-corrected chi connectivity index (χ4v) is 8.14. The van der Waals surface area contributed by atoms with Crippen molar-refractivity contribution in [3.05, 3.63) is 33.9 Å². The molecule has 0 aliphatic carbocycles. The van der Waals surface area contributed by atoms with Crippen LogP contribution in [-0.2, 0) is 11.2 Å². The number of nitrogens with zero attached hydrogens (tertiary/aromatic N) is 6. The maximum absolute atomic E-state index is 10.9. The van der Waals surface area contributed by atoms with Gasteiger partial charge in [-0.1, -0.05) is 6.42 Å². The van der Waals surface area contributed by atoms with Crippen molar-refractivity contribution in [2.24, 2.45) is 5.73 Å². The summed E-state index contributed by atoms with van der Waals surface area (Å²) in [7, 11) is 0. The molecule has 4 aliphatic heterocycles. The number of carbonyl (C=O) groups is 1. The van der Waals surface area contributed by atoms with E-state index >= 15 is 0 Å². The van der Waals surface area contributed by atoms with Gasteiger partial charge < -0.3 is 30.3 Å². The first kappa shape index (κ1) is 32.8. The summed E-state index contributed by atoms with van der Waals surface area (Å²) in [4.78, 5) is 30.9. The zero-order valence-electron chi connectivity index (χ0n) is 28.6. The lowest BCUT2D eigenvalue weighted by molar-refractivity contribution is -0.137.